The summed E-state index contributed by atoms with van der Waals surface area (Å²) in [6.07, 6.45) is 10.9. The van der Waals surface area contributed by atoms with Crippen LogP contribution in [0.25, 0.3) is 33.9 Å². The quantitative estimate of drug-likeness (QED) is 0.159. The van der Waals surface area contributed by atoms with Crippen LogP contribution in [0.4, 0.5) is 0 Å². The van der Waals surface area contributed by atoms with Crippen molar-refractivity contribution < 1.29 is 9.59 Å². The van der Waals surface area contributed by atoms with Gasteiger partial charge in [0.05, 0.1) is 47.7 Å². The number of carbonyl (C=O) groups excluding carboxylic acids is 2. The maximum absolute atomic E-state index is 13.5. The molecule has 262 valence electrons. The van der Waals surface area contributed by atoms with Crippen molar-refractivity contribution >= 4 is 11.8 Å². The van der Waals surface area contributed by atoms with E-state index in [1.165, 1.54) is 0 Å². The van der Waals surface area contributed by atoms with Crippen molar-refractivity contribution in [2.45, 2.75) is 63.5 Å². The summed E-state index contributed by atoms with van der Waals surface area (Å²) in [6, 6.07) is 27.8. The Bertz CT molecular complexity index is 1990. The first kappa shape index (κ1) is 33.3. The summed E-state index contributed by atoms with van der Waals surface area (Å²) in [6.45, 7) is 5.42. The molecular formula is C42H42N8O2. The number of rotatable bonds is 9. The van der Waals surface area contributed by atoms with Crippen LogP contribution in [-0.4, -0.2) is 64.6 Å². The summed E-state index contributed by atoms with van der Waals surface area (Å²) in [7, 11) is 0. The molecule has 4 atom stereocenters. The first-order chi connectivity index (χ1) is 25.4. The lowest BCUT2D eigenvalue weighted by Crippen LogP contribution is -2.34. The first-order valence-corrected chi connectivity index (χ1v) is 18.2. The number of nitrogens with zero attached hydrogens (tertiary/aromatic N) is 6. The van der Waals surface area contributed by atoms with E-state index in [-0.39, 0.29) is 35.7 Å². The molecule has 5 heterocycles. The third-order valence-electron chi connectivity index (χ3n) is 10.7. The van der Waals surface area contributed by atoms with Crippen molar-refractivity contribution in [2.24, 2.45) is 0 Å². The number of aromatic amines is 2. The molecule has 2 amide bonds. The Kier molecular flexibility index (Phi) is 9.20. The molecule has 10 nitrogen and oxygen atoms in total. The van der Waals surface area contributed by atoms with Crippen molar-refractivity contribution in [3.63, 3.8) is 0 Å². The highest BCUT2D eigenvalue weighted by Crippen LogP contribution is 2.36. The number of amides is 2. The molecule has 0 spiro atoms. The van der Waals surface area contributed by atoms with Crippen molar-refractivity contribution in [3.8, 4) is 33.9 Å². The molecule has 2 saturated heterocycles. The van der Waals surface area contributed by atoms with Crippen LogP contribution in [0.15, 0.2) is 110 Å². The lowest BCUT2D eigenvalue weighted by Gasteiger charge is -2.26. The second-order valence-electron chi connectivity index (χ2n) is 13.9. The Morgan fingerprint density at radius 2 is 1.02 bits per heavy atom. The number of likely N-dealkylation sites (tertiary alicyclic amines) is 2. The van der Waals surface area contributed by atoms with E-state index in [0.717, 1.165) is 89.6 Å². The molecule has 2 fully saturated rings. The molecule has 2 N–H and O–H groups in total. The predicted octanol–water partition coefficient (Wildman–Crippen LogP) is 7.86. The van der Waals surface area contributed by atoms with Crippen LogP contribution in [0, 0.1) is 0 Å². The third-order valence-corrected chi connectivity index (χ3v) is 10.7. The van der Waals surface area contributed by atoms with Crippen molar-refractivity contribution in [1.29, 1.82) is 0 Å². The summed E-state index contributed by atoms with van der Waals surface area (Å²) in [5.74, 6) is 2.08. The summed E-state index contributed by atoms with van der Waals surface area (Å²) in [4.78, 5) is 56.6. The fourth-order valence-corrected chi connectivity index (χ4v) is 7.62. The van der Waals surface area contributed by atoms with Crippen LogP contribution in [0.5, 0.6) is 0 Å². The van der Waals surface area contributed by atoms with Gasteiger partial charge >= 0.3 is 0 Å². The monoisotopic (exact) mass is 690 g/mol. The number of H-pyrrole nitrogens is 2. The maximum atomic E-state index is 13.5. The van der Waals surface area contributed by atoms with Crippen LogP contribution < -0.4 is 0 Å². The van der Waals surface area contributed by atoms with Crippen molar-refractivity contribution in [1.82, 2.24) is 39.7 Å². The van der Waals surface area contributed by atoms with Gasteiger partial charge < -0.3 is 19.8 Å². The van der Waals surface area contributed by atoms with E-state index in [4.69, 9.17) is 4.98 Å². The Balaban J connectivity index is 0.920. The lowest BCUT2D eigenvalue weighted by molar-refractivity contribution is -0.134. The summed E-state index contributed by atoms with van der Waals surface area (Å²) in [5.41, 5.74) is 6.50. The minimum Gasteiger partial charge on any atom is -0.340 e. The molecule has 2 aliphatic heterocycles. The number of hydrogen-bond donors (Lipinski definition) is 2. The van der Waals surface area contributed by atoms with Gasteiger partial charge in [0.15, 0.2) is 5.82 Å². The van der Waals surface area contributed by atoms with E-state index in [9.17, 15) is 9.59 Å². The molecule has 0 aliphatic carbocycles. The number of nitrogens with one attached hydrogen (secondary N) is 2. The fraction of sp³-hybridized carbons (Fsp3) is 0.286. The van der Waals surface area contributed by atoms with Crippen molar-refractivity contribution in [3.05, 3.63) is 132 Å². The molecule has 52 heavy (non-hydrogen) atoms. The zero-order valence-electron chi connectivity index (χ0n) is 29.4. The van der Waals surface area contributed by atoms with Gasteiger partial charge in [-0.05, 0) is 56.2 Å². The standard InChI is InChI=1S/C42H42N8O2/c1-27(29-11-5-3-6-12-29)41(51)49-21-9-15-36(49)39-45-25-34(47-39)31-17-19-32(20-18-31)38-43-23-33(24-44-38)35-26-46-40(48-35)37-16-10-22-50(37)42(52)28(2)30-13-7-4-8-14-30/h3-8,11-14,17-20,23-28,36-37H,9-10,15-16,21-22H2,1-2H3,(H,45,47)(H,46,48)/t27-,28-,36+,37+/m1/s1. The topological polar surface area (TPSA) is 124 Å². The molecule has 3 aromatic carbocycles. The third kappa shape index (κ3) is 6.52. The molecule has 8 rings (SSSR count). The van der Waals surface area contributed by atoms with E-state index in [1.54, 1.807) is 18.6 Å². The SMILES string of the molecule is C[C@@H](C(=O)N1CCC[C@H]1c1ncc(-c2ccc(-c3ncc(-c4cnc([C@@H]5CCCN5C(=O)[C@H](C)c5ccccc5)[nH]4)cn3)cc2)[nH]1)c1ccccc1. The Morgan fingerprint density at radius 3 is 1.50 bits per heavy atom. The second-order valence-corrected chi connectivity index (χ2v) is 13.9. The molecule has 0 unspecified atom stereocenters. The average Bonchev–Trinajstić information content (AvgIpc) is 4.04. The zero-order valence-corrected chi connectivity index (χ0v) is 29.4. The highest BCUT2D eigenvalue weighted by atomic mass is 16.2. The van der Waals surface area contributed by atoms with Gasteiger partial charge in [0.1, 0.15) is 11.6 Å². The Labute approximate surface area is 303 Å². The molecule has 0 radical (unpaired) electrons. The van der Waals surface area contributed by atoms with Gasteiger partial charge in [-0.2, -0.15) is 0 Å². The normalized spacial score (nSPS) is 18.4. The fourth-order valence-electron chi connectivity index (χ4n) is 7.62. The summed E-state index contributed by atoms with van der Waals surface area (Å²) in [5, 5.41) is 0. The Hall–Kier alpha value is -5.90. The van der Waals surface area contributed by atoms with Gasteiger partial charge in [-0.3, -0.25) is 9.59 Å². The van der Waals surface area contributed by atoms with Gasteiger partial charge in [0, 0.05) is 36.6 Å². The molecule has 2 aliphatic rings. The number of carbonyl (C=O) groups is 2. The van der Waals surface area contributed by atoms with Gasteiger partial charge in [-0.25, -0.2) is 19.9 Å². The molecule has 0 saturated carbocycles. The van der Waals surface area contributed by atoms with Crippen LogP contribution in [0.2, 0.25) is 0 Å². The van der Waals surface area contributed by atoms with E-state index in [1.807, 2.05) is 115 Å². The van der Waals surface area contributed by atoms with Gasteiger partial charge in [-0.15, -0.1) is 0 Å². The number of benzene rings is 3. The minimum absolute atomic E-state index is 0.0625. The van der Waals surface area contributed by atoms with Gasteiger partial charge in [-0.1, -0.05) is 84.9 Å². The zero-order chi connectivity index (χ0) is 35.6. The first-order valence-electron chi connectivity index (χ1n) is 18.2. The second kappa shape index (κ2) is 14.4. The summed E-state index contributed by atoms with van der Waals surface area (Å²) >= 11 is 0. The van der Waals surface area contributed by atoms with E-state index >= 15 is 0 Å². The average molecular weight is 691 g/mol. The number of hydrogen-bond acceptors (Lipinski definition) is 6. The smallest absolute Gasteiger partial charge is 0.230 e. The van der Waals surface area contributed by atoms with Crippen LogP contribution in [0.1, 0.15) is 86.2 Å². The highest BCUT2D eigenvalue weighted by molar-refractivity contribution is 5.84. The van der Waals surface area contributed by atoms with Crippen LogP contribution >= 0.6 is 0 Å². The number of imidazole rings is 2. The Morgan fingerprint density at radius 1 is 0.577 bits per heavy atom. The van der Waals surface area contributed by atoms with Gasteiger partial charge in [0.2, 0.25) is 11.8 Å². The number of aromatic nitrogens is 6. The molecule has 0 bridgehead atoms. The molecule has 3 aromatic heterocycles. The summed E-state index contributed by atoms with van der Waals surface area (Å²) < 4.78 is 0. The van der Waals surface area contributed by atoms with Gasteiger partial charge in [0.25, 0.3) is 0 Å². The largest absolute Gasteiger partial charge is 0.340 e. The molecule has 6 aromatic rings. The van der Waals surface area contributed by atoms with Crippen molar-refractivity contribution in [2.75, 3.05) is 13.1 Å². The van der Waals surface area contributed by atoms with Crippen LogP contribution in [-0.2, 0) is 9.59 Å². The maximum Gasteiger partial charge on any atom is 0.230 e. The lowest BCUT2D eigenvalue weighted by atomic mass is 9.99. The molecule has 10 heteroatoms. The van der Waals surface area contributed by atoms with E-state index in [0.29, 0.717) is 5.82 Å². The predicted molar refractivity (Wildman–Crippen MR) is 200 cm³/mol. The molecular weight excluding hydrogens is 649 g/mol. The van der Waals surface area contributed by atoms with E-state index in [2.05, 4.69) is 24.9 Å². The van der Waals surface area contributed by atoms with Crippen LogP contribution in [0.3, 0.4) is 0 Å². The van der Waals surface area contributed by atoms with E-state index < -0.39 is 0 Å². The highest BCUT2D eigenvalue weighted by Gasteiger charge is 2.36. The minimum atomic E-state index is -0.211.